The number of carbonyl (C=O) groups excluding carboxylic acids is 2. The lowest BCUT2D eigenvalue weighted by Gasteiger charge is -2.17. The number of hydrogen-bond acceptors (Lipinski definition) is 2. The summed E-state index contributed by atoms with van der Waals surface area (Å²) in [6.45, 7) is 0. The topological polar surface area (TPSA) is 46.2 Å². The van der Waals surface area contributed by atoms with Gasteiger partial charge in [0.05, 0.1) is 11.5 Å². The molecule has 3 nitrogen and oxygen atoms in total. The highest BCUT2D eigenvalue weighted by Crippen LogP contribution is 2.40. The highest BCUT2D eigenvalue weighted by atomic mass is 79.9. The molecule has 1 N–H and O–H groups in total. The molecule has 2 atom stereocenters. The van der Waals surface area contributed by atoms with Crippen LogP contribution in [0, 0.1) is 0 Å². The molecule has 1 heterocycles. The SMILES string of the molecule is O=C1NC(=O)C(c2ccc(Cl)cc2C(F)(F)F)C1Br. The van der Waals surface area contributed by atoms with Gasteiger partial charge in [-0.25, -0.2) is 0 Å². The van der Waals surface area contributed by atoms with Gasteiger partial charge in [0.1, 0.15) is 4.83 Å². The predicted molar refractivity (Wildman–Crippen MR) is 65.1 cm³/mol. The molecule has 1 saturated heterocycles. The Labute approximate surface area is 119 Å². The fourth-order valence-electron chi connectivity index (χ4n) is 1.90. The molecule has 1 aromatic rings. The molecular weight excluding hydrogens is 350 g/mol. The molecule has 0 aromatic heterocycles. The summed E-state index contributed by atoms with van der Waals surface area (Å²) in [4.78, 5) is 21.9. The van der Waals surface area contributed by atoms with E-state index >= 15 is 0 Å². The Bertz CT molecular complexity index is 561. The number of carbonyl (C=O) groups is 2. The van der Waals surface area contributed by atoms with Gasteiger partial charge in [-0.2, -0.15) is 13.2 Å². The van der Waals surface area contributed by atoms with Crippen molar-refractivity contribution in [3.8, 4) is 0 Å². The van der Waals surface area contributed by atoms with Crippen LogP contribution in [0.3, 0.4) is 0 Å². The van der Waals surface area contributed by atoms with E-state index in [4.69, 9.17) is 11.6 Å². The van der Waals surface area contributed by atoms with Crippen LogP contribution in [0.15, 0.2) is 18.2 Å². The maximum atomic E-state index is 12.9. The number of imide groups is 1. The molecule has 2 amide bonds. The van der Waals surface area contributed by atoms with E-state index in [2.05, 4.69) is 15.9 Å². The summed E-state index contributed by atoms with van der Waals surface area (Å²) >= 11 is 8.49. The van der Waals surface area contributed by atoms with Gasteiger partial charge in [0.25, 0.3) is 0 Å². The smallest absolute Gasteiger partial charge is 0.295 e. The van der Waals surface area contributed by atoms with E-state index in [1.54, 1.807) is 0 Å². The number of alkyl halides is 4. The average molecular weight is 357 g/mol. The van der Waals surface area contributed by atoms with Crippen LogP contribution in [-0.4, -0.2) is 16.6 Å². The first-order valence-electron chi connectivity index (χ1n) is 5.07. The third-order valence-corrected chi connectivity index (χ3v) is 3.91. The molecule has 0 aliphatic carbocycles. The zero-order chi connectivity index (χ0) is 14.4. The van der Waals surface area contributed by atoms with Gasteiger partial charge in [-0.1, -0.05) is 33.6 Å². The summed E-state index contributed by atoms with van der Waals surface area (Å²) in [5.74, 6) is -2.64. The molecule has 102 valence electrons. The van der Waals surface area contributed by atoms with Crippen molar-refractivity contribution in [3.05, 3.63) is 34.3 Å². The zero-order valence-electron chi connectivity index (χ0n) is 9.09. The molecule has 1 fully saturated rings. The molecule has 1 aromatic carbocycles. The molecule has 2 unspecified atom stereocenters. The van der Waals surface area contributed by atoms with Crippen molar-refractivity contribution < 1.29 is 22.8 Å². The van der Waals surface area contributed by atoms with E-state index in [0.29, 0.717) is 0 Å². The molecule has 19 heavy (non-hydrogen) atoms. The van der Waals surface area contributed by atoms with E-state index in [0.717, 1.165) is 12.1 Å². The number of halogens is 5. The van der Waals surface area contributed by atoms with Gasteiger partial charge < -0.3 is 0 Å². The van der Waals surface area contributed by atoms with Gasteiger partial charge in [0.2, 0.25) is 11.8 Å². The summed E-state index contributed by atoms with van der Waals surface area (Å²) in [7, 11) is 0. The van der Waals surface area contributed by atoms with Gasteiger partial charge in [-0.05, 0) is 17.7 Å². The lowest BCUT2D eigenvalue weighted by molar-refractivity contribution is -0.138. The summed E-state index contributed by atoms with van der Waals surface area (Å²) < 4.78 is 38.8. The zero-order valence-corrected chi connectivity index (χ0v) is 11.4. The Hall–Kier alpha value is -1.08. The average Bonchev–Trinajstić information content (AvgIpc) is 2.53. The van der Waals surface area contributed by atoms with Crippen molar-refractivity contribution in [1.29, 1.82) is 0 Å². The van der Waals surface area contributed by atoms with Crippen molar-refractivity contribution >= 4 is 39.3 Å². The Morgan fingerprint density at radius 1 is 1.21 bits per heavy atom. The van der Waals surface area contributed by atoms with E-state index in [1.807, 2.05) is 5.32 Å². The van der Waals surface area contributed by atoms with E-state index in [9.17, 15) is 22.8 Å². The molecule has 0 bridgehead atoms. The second kappa shape index (κ2) is 4.79. The number of rotatable bonds is 1. The molecule has 1 aliphatic heterocycles. The van der Waals surface area contributed by atoms with Crippen molar-refractivity contribution in [2.45, 2.75) is 16.9 Å². The van der Waals surface area contributed by atoms with Gasteiger partial charge in [-0.3, -0.25) is 14.9 Å². The number of benzene rings is 1. The third kappa shape index (κ3) is 2.62. The number of amides is 2. The van der Waals surface area contributed by atoms with Gasteiger partial charge in [-0.15, -0.1) is 0 Å². The summed E-state index contributed by atoms with van der Waals surface area (Å²) in [6, 6.07) is 3.11. The maximum Gasteiger partial charge on any atom is 0.416 e. The highest BCUT2D eigenvalue weighted by Gasteiger charge is 2.45. The normalized spacial score (nSPS) is 23.6. The first kappa shape index (κ1) is 14.3. The summed E-state index contributed by atoms with van der Waals surface area (Å²) in [5.41, 5.74) is -1.29. The van der Waals surface area contributed by atoms with Crippen LogP contribution >= 0.6 is 27.5 Å². The molecule has 0 spiro atoms. The third-order valence-electron chi connectivity index (χ3n) is 2.73. The second-order valence-corrected chi connectivity index (χ2v) is 5.39. The van der Waals surface area contributed by atoms with Crippen LogP contribution in [0.5, 0.6) is 0 Å². The molecule has 1 aliphatic rings. The molecule has 0 radical (unpaired) electrons. The lowest BCUT2D eigenvalue weighted by atomic mass is 9.92. The highest BCUT2D eigenvalue weighted by molar-refractivity contribution is 9.10. The summed E-state index contributed by atoms with van der Waals surface area (Å²) in [6.07, 6.45) is -4.65. The van der Waals surface area contributed by atoms with Crippen molar-refractivity contribution in [2.24, 2.45) is 0 Å². The van der Waals surface area contributed by atoms with Crippen LogP contribution < -0.4 is 5.32 Å². The van der Waals surface area contributed by atoms with E-state index in [1.165, 1.54) is 6.07 Å². The minimum Gasteiger partial charge on any atom is -0.295 e. The summed E-state index contributed by atoms with van der Waals surface area (Å²) in [5, 5.41) is 1.89. The minimum absolute atomic E-state index is 0.0908. The van der Waals surface area contributed by atoms with Crippen LogP contribution in [0.2, 0.25) is 5.02 Å². The van der Waals surface area contributed by atoms with Gasteiger partial charge in [0, 0.05) is 5.02 Å². The standard InChI is InChI=1S/C11H6BrClF3NO2/c12-8-7(9(18)17-10(8)19)5-2-1-4(13)3-6(5)11(14,15)16/h1-3,7-8H,(H,17,18,19). The van der Waals surface area contributed by atoms with Crippen LogP contribution in [-0.2, 0) is 15.8 Å². The largest absolute Gasteiger partial charge is 0.416 e. The quantitative estimate of drug-likeness (QED) is 0.621. The fraction of sp³-hybridized carbons (Fsp3) is 0.273. The molecule has 2 rings (SSSR count). The molecular formula is C11H6BrClF3NO2. The lowest BCUT2D eigenvalue weighted by Crippen LogP contribution is -2.22. The van der Waals surface area contributed by atoms with Gasteiger partial charge >= 0.3 is 6.18 Å². The minimum atomic E-state index is -4.65. The first-order valence-corrected chi connectivity index (χ1v) is 6.36. The van der Waals surface area contributed by atoms with Crippen LogP contribution in [0.1, 0.15) is 17.0 Å². The van der Waals surface area contributed by atoms with Gasteiger partial charge in [0.15, 0.2) is 0 Å². The number of hydrogen-bond donors (Lipinski definition) is 1. The number of nitrogens with one attached hydrogen (secondary N) is 1. The second-order valence-electron chi connectivity index (χ2n) is 3.96. The Balaban J connectivity index is 2.57. The van der Waals surface area contributed by atoms with Crippen molar-refractivity contribution in [3.63, 3.8) is 0 Å². The Kier molecular flexibility index (Phi) is 3.61. The Morgan fingerprint density at radius 2 is 1.84 bits per heavy atom. The van der Waals surface area contributed by atoms with Crippen molar-refractivity contribution in [1.82, 2.24) is 5.32 Å². The maximum absolute atomic E-state index is 12.9. The van der Waals surface area contributed by atoms with Crippen LogP contribution in [0.4, 0.5) is 13.2 Å². The molecule has 0 saturated carbocycles. The van der Waals surface area contributed by atoms with E-state index in [-0.39, 0.29) is 10.6 Å². The fourth-order valence-corrected chi connectivity index (χ4v) is 2.71. The monoisotopic (exact) mass is 355 g/mol. The van der Waals surface area contributed by atoms with E-state index < -0.39 is 34.3 Å². The predicted octanol–water partition coefficient (Wildman–Crippen LogP) is 2.86. The van der Waals surface area contributed by atoms with Crippen LogP contribution in [0.25, 0.3) is 0 Å². The van der Waals surface area contributed by atoms with Crippen molar-refractivity contribution in [2.75, 3.05) is 0 Å². The first-order chi connectivity index (χ1) is 8.71. The molecule has 8 heteroatoms. The Morgan fingerprint density at radius 3 is 2.32 bits per heavy atom.